The van der Waals surface area contributed by atoms with Crippen LogP contribution >= 0.6 is 0 Å². The van der Waals surface area contributed by atoms with Crippen molar-refractivity contribution in [3.05, 3.63) is 24.2 Å². The van der Waals surface area contributed by atoms with E-state index in [1.54, 1.807) is 18.4 Å². The highest BCUT2D eigenvalue weighted by atomic mass is 16.3. The van der Waals surface area contributed by atoms with Gasteiger partial charge in [-0.1, -0.05) is 0 Å². The molecule has 1 amide bonds. The number of furan rings is 1. The predicted molar refractivity (Wildman–Crippen MR) is 59.2 cm³/mol. The Balaban J connectivity index is 1.70. The number of hydrogen-bond acceptors (Lipinski definition) is 3. The molecule has 1 aromatic rings. The van der Waals surface area contributed by atoms with E-state index in [4.69, 9.17) is 4.42 Å². The van der Waals surface area contributed by atoms with E-state index >= 15 is 0 Å². The van der Waals surface area contributed by atoms with E-state index in [1.165, 1.54) is 19.4 Å². The molecule has 4 heteroatoms. The van der Waals surface area contributed by atoms with Crippen LogP contribution in [0.25, 0.3) is 0 Å². The van der Waals surface area contributed by atoms with Gasteiger partial charge in [-0.05, 0) is 31.5 Å². The molecule has 3 heterocycles. The lowest BCUT2D eigenvalue weighted by Gasteiger charge is -2.37. The molecule has 16 heavy (non-hydrogen) atoms. The molecule has 1 unspecified atom stereocenters. The Morgan fingerprint density at radius 2 is 2.31 bits per heavy atom. The van der Waals surface area contributed by atoms with Crippen molar-refractivity contribution in [1.29, 1.82) is 0 Å². The molecule has 2 saturated heterocycles. The van der Waals surface area contributed by atoms with Gasteiger partial charge in [-0.15, -0.1) is 0 Å². The minimum absolute atomic E-state index is 0.0385. The van der Waals surface area contributed by atoms with Gasteiger partial charge in [0.15, 0.2) is 5.76 Å². The van der Waals surface area contributed by atoms with Crippen molar-refractivity contribution < 1.29 is 9.21 Å². The van der Waals surface area contributed by atoms with E-state index in [2.05, 4.69) is 4.90 Å². The maximum absolute atomic E-state index is 12.1. The van der Waals surface area contributed by atoms with Crippen LogP contribution in [0.3, 0.4) is 0 Å². The topological polar surface area (TPSA) is 36.7 Å². The van der Waals surface area contributed by atoms with Gasteiger partial charge < -0.3 is 9.32 Å². The Kier molecular flexibility index (Phi) is 2.44. The first-order chi connectivity index (χ1) is 7.84. The van der Waals surface area contributed by atoms with Crippen LogP contribution in [0.4, 0.5) is 0 Å². The minimum atomic E-state index is 0.0385. The van der Waals surface area contributed by atoms with Crippen molar-refractivity contribution in [3.8, 4) is 0 Å². The zero-order valence-corrected chi connectivity index (χ0v) is 9.26. The van der Waals surface area contributed by atoms with Crippen molar-refractivity contribution in [2.24, 2.45) is 0 Å². The van der Waals surface area contributed by atoms with E-state index in [0.717, 1.165) is 19.6 Å². The molecule has 2 fully saturated rings. The lowest BCUT2D eigenvalue weighted by molar-refractivity contribution is 0.0542. The fraction of sp³-hybridized carbons (Fsp3) is 0.583. The Morgan fingerprint density at radius 3 is 3.12 bits per heavy atom. The van der Waals surface area contributed by atoms with Gasteiger partial charge in [0.05, 0.1) is 6.26 Å². The van der Waals surface area contributed by atoms with Crippen LogP contribution < -0.4 is 0 Å². The molecule has 0 bridgehead atoms. The second-order valence-corrected chi connectivity index (χ2v) is 4.56. The van der Waals surface area contributed by atoms with E-state index in [0.29, 0.717) is 11.8 Å². The molecular formula is C12H16N2O2. The highest BCUT2D eigenvalue weighted by Crippen LogP contribution is 2.22. The number of carbonyl (C=O) groups excluding carboxylic acids is 1. The van der Waals surface area contributed by atoms with E-state index in [1.807, 2.05) is 4.90 Å². The van der Waals surface area contributed by atoms with Crippen molar-refractivity contribution in [2.45, 2.75) is 18.9 Å². The van der Waals surface area contributed by atoms with Crippen LogP contribution in [0.2, 0.25) is 0 Å². The number of rotatable bonds is 1. The highest BCUT2D eigenvalue weighted by molar-refractivity contribution is 5.91. The van der Waals surface area contributed by atoms with Gasteiger partial charge in [0, 0.05) is 25.7 Å². The van der Waals surface area contributed by atoms with Gasteiger partial charge in [0.25, 0.3) is 5.91 Å². The van der Waals surface area contributed by atoms with E-state index in [9.17, 15) is 4.79 Å². The summed E-state index contributed by atoms with van der Waals surface area (Å²) in [4.78, 5) is 16.5. The van der Waals surface area contributed by atoms with Crippen molar-refractivity contribution in [3.63, 3.8) is 0 Å². The molecule has 0 radical (unpaired) electrons. The van der Waals surface area contributed by atoms with Gasteiger partial charge in [-0.3, -0.25) is 9.69 Å². The Hall–Kier alpha value is -1.29. The number of fused-ring (bicyclic) bond motifs is 1. The summed E-state index contributed by atoms with van der Waals surface area (Å²) in [6.07, 6.45) is 4.05. The van der Waals surface area contributed by atoms with Gasteiger partial charge in [0.2, 0.25) is 0 Å². The van der Waals surface area contributed by atoms with Crippen LogP contribution in [-0.2, 0) is 0 Å². The molecule has 2 aliphatic heterocycles. The number of piperazine rings is 1. The molecule has 0 aliphatic carbocycles. The maximum atomic E-state index is 12.1. The predicted octanol–water partition coefficient (Wildman–Crippen LogP) is 1.20. The SMILES string of the molecule is O=C(c1ccco1)N1CCN2CCCC2C1. The summed E-state index contributed by atoms with van der Waals surface area (Å²) in [5, 5.41) is 0. The van der Waals surface area contributed by atoms with Crippen LogP contribution in [0, 0.1) is 0 Å². The third-order valence-electron chi connectivity index (χ3n) is 3.61. The second-order valence-electron chi connectivity index (χ2n) is 4.56. The van der Waals surface area contributed by atoms with Crippen LogP contribution in [0.5, 0.6) is 0 Å². The maximum Gasteiger partial charge on any atom is 0.289 e. The van der Waals surface area contributed by atoms with Gasteiger partial charge in [0.1, 0.15) is 0 Å². The third kappa shape index (κ3) is 1.63. The zero-order chi connectivity index (χ0) is 11.0. The summed E-state index contributed by atoms with van der Waals surface area (Å²) in [6.45, 7) is 3.90. The largest absolute Gasteiger partial charge is 0.459 e. The first-order valence-electron chi connectivity index (χ1n) is 5.91. The van der Waals surface area contributed by atoms with Crippen molar-refractivity contribution in [1.82, 2.24) is 9.80 Å². The molecule has 0 spiro atoms. The van der Waals surface area contributed by atoms with Crippen molar-refractivity contribution >= 4 is 5.91 Å². The highest BCUT2D eigenvalue weighted by Gasteiger charge is 2.33. The molecule has 0 saturated carbocycles. The summed E-state index contributed by atoms with van der Waals surface area (Å²) >= 11 is 0. The molecule has 0 N–H and O–H groups in total. The molecule has 0 aromatic carbocycles. The fourth-order valence-electron chi connectivity index (χ4n) is 2.73. The molecule has 2 aliphatic rings. The summed E-state index contributed by atoms with van der Waals surface area (Å²) in [5.41, 5.74) is 0. The Morgan fingerprint density at radius 1 is 1.38 bits per heavy atom. The summed E-state index contributed by atoms with van der Waals surface area (Å²) < 4.78 is 5.16. The van der Waals surface area contributed by atoms with E-state index in [-0.39, 0.29) is 5.91 Å². The monoisotopic (exact) mass is 220 g/mol. The Bertz CT molecular complexity index is 374. The number of hydrogen-bond donors (Lipinski definition) is 0. The van der Waals surface area contributed by atoms with Gasteiger partial charge >= 0.3 is 0 Å². The molecule has 3 rings (SSSR count). The summed E-state index contributed by atoms with van der Waals surface area (Å²) in [6, 6.07) is 4.08. The van der Waals surface area contributed by atoms with Crippen LogP contribution in [-0.4, -0.2) is 47.9 Å². The fourth-order valence-corrected chi connectivity index (χ4v) is 2.73. The van der Waals surface area contributed by atoms with Crippen LogP contribution in [0.1, 0.15) is 23.4 Å². The van der Waals surface area contributed by atoms with Crippen LogP contribution in [0.15, 0.2) is 22.8 Å². The second kappa shape index (κ2) is 3.94. The lowest BCUT2D eigenvalue weighted by Crippen LogP contribution is -2.51. The molecule has 86 valence electrons. The first kappa shape index (κ1) is 9.90. The smallest absolute Gasteiger partial charge is 0.289 e. The average Bonchev–Trinajstić information content (AvgIpc) is 2.98. The number of nitrogens with zero attached hydrogens (tertiary/aromatic N) is 2. The average molecular weight is 220 g/mol. The van der Waals surface area contributed by atoms with Gasteiger partial charge in [-0.25, -0.2) is 0 Å². The van der Waals surface area contributed by atoms with E-state index < -0.39 is 0 Å². The Labute approximate surface area is 94.8 Å². The molecule has 1 atom stereocenters. The van der Waals surface area contributed by atoms with Crippen molar-refractivity contribution in [2.75, 3.05) is 26.2 Å². The van der Waals surface area contributed by atoms with Gasteiger partial charge in [-0.2, -0.15) is 0 Å². The summed E-state index contributed by atoms with van der Waals surface area (Å²) in [5.74, 6) is 0.503. The quantitative estimate of drug-likeness (QED) is 0.713. The number of carbonyl (C=O) groups is 1. The zero-order valence-electron chi connectivity index (χ0n) is 9.26. The minimum Gasteiger partial charge on any atom is -0.459 e. The number of amides is 1. The lowest BCUT2D eigenvalue weighted by atomic mass is 10.1. The third-order valence-corrected chi connectivity index (χ3v) is 3.61. The first-order valence-corrected chi connectivity index (χ1v) is 5.91. The molecule has 4 nitrogen and oxygen atoms in total. The molecule has 1 aromatic heterocycles. The molecular weight excluding hydrogens is 204 g/mol. The summed E-state index contributed by atoms with van der Waals surface area (Å²) in [7, 11) is 0. The normalized spacial score (nSPS) is 25.8. The standard InChI is InChI=1S/C12H16N2O2/c15-12(11-4-2-8-16-11)14-7-6-13-5-1-3-10(13)9-14/h2,4,8,10H,1,3,5-7,9H2.